The van der Waals surface area contributed by atoms with Crippen LogP contribution in [0.5, 0.6) is 11.5 Å². The monoisotopic (exact) mass is 643 g/mol. The highest BCUT2D eigenvalue weighted by atomic mass is 32.2. The van der Waals surface area contributed by atoms with Gasteiger partial charge < -0.3 is 19.7 Å². The summed E-state index contributed by atoms with van der Waals surface area (Å²) in [5.41, 5.74) is 1.28. The molecule has 0 fully saturated rings. The van der Waals surface area contributed by atoms with E-state index in [9.17, 15) is 18.0 Å². The average molecular weight is 644 g/mol. The maximum absolute atomic E-state index is 14.6. The molecule has 2 amide bonds. The molecule has 0 heterocycles. The molecule has 0 aliphatic rings. The molecule has 4 aromatic carbocycles. The van der Waals surface area contributed by atoms with Crippen molar-refractivity contribution in [1.82, 2.24) is 10.2 Å². The SMILES string of the molecule is COc1ccc(N(CC(=O)N(Cc2ccccc2)[C@@H](Cc2ccccc2)C(=O)NC(C)(C)C)S(=O)(=O)c2ccccc2)cc1OC. The number of amides is 2. The minimum Gasteiger partial charge on any atom is -0.493 e. The zero-order valence-electron chi connectivity index (χ0n) is 26.8. The van der Waals surface area contributed by atoms with Crippen molar-refractivity contribution in [2.75, 3.05) is 25.1 Å². The van der Waals surface area contributed by atoms with E-state index < -0.39 is 34.1 Å². The third-order valence-electron chi connectivity index (χ3n) is 7.23. The number of hydrogen-bond acceptors (Lipinski definition) is 6. The second-order valence-corrected chi connectivity index (χ2v) is 13.7. The van der Waals surface area contributed by atoms with E-state index in [-0.39, 0.29) is 29.5 Å². The Labute approximate surface area is 271 Å². The topological polar surface area (TPSA) is 105 Å². The van der Waals surface area contributed by atoms with Gasteiger partial charge in [0.15, 0.2) is 11.5 Å². The highest BCUT2D eigenvalue weighted by Gasteiger charge is 2.35. The molecule has 0 aliphatic carbocycles. The molecule has 1 N–H and O–H groups in total. The van der Waals surface area contributed by atoms with Crippen LogP contribution in [-0.4, -0.2) is 57.5 Å². The van der Waals surface area contributed by atoms with Gasteiger partial charge in [0.25, 0.3) is 10.0 Å². The first-order valence-corrected chi connectivity index (χ1v) is 16.4. The van der Waals surface area contributed by atoms with E-state index in [2.05, 4.69) is 5.32 Å². The third kappa shape index (κ3) is 8.66. The van der Waals surface area contributed by atoms with E-state index in [1.54, 1.807) is 30.3 Å². The van der Waals surface area contributed by atoms with E-state index in [1.807, 2.05) is 81.4 Å². The van der Waals surface area contributed by atoms with Crippen LogP contribution in [0.2, 0.25) is 0 Å². The number of nitrogens with one attached hydrogen (secondary N) is 1. The molecule has 242 valence electrons. The Morgan fingerprint density at radius 1 is 0.761 bits per heavy atom. The fourth-order valence-electron chi connectivity index (χ4n) is 5.02. The lowest BCUT2D eigenvalue weighted by Gasteiger charge is -2.35. The van der Waals surface area contributed by atoms with Gasteiger partial charge in [-0.15, -0.1) is 0 Å². The van der Waals surface area contributed by atoms with Crippen LogP contribution < -0.4 is 19.1 Å². The van der Waals surface area contributed by atoms with E-state index in [0.29, 0.717) is 11.5 Å². The van der Waals surface area contributed by atoms with Crippen molar-refractivity contribution in [3.05, 3.63) is 120 Å². The fraction of sp³-hybridized carbons (Fsp3) is 0.278. The Morgan fingerprint density at radius 3 is 1.85 bits per heavy atom. The van der Waals surface area contributed by atoms with Crippen molar-refractivity contribution >= 4 is 27.5 Å². The molecule has 10 heteroatoms. The standard InChI is InChI=1S/C36H41N3O6S/c1-36(2,3)37-35(41)31(23-27-15-9-6-10-16-27)38(25-28-17-11-7-12-18-28)34(40)26-39(46(42,43)30-19-13-8-14-20-30)29-21-22-32(44-4)33(24-29)45-5/h6-22,24,31H,23,25-26H2,1-5H3,(H,37,41)/t31-/m0/s1. The fourth-order valence-corrected chi connectivity index (χ4v) is 6.44. The zero-order valence-corrected chi connectivity index (χ0v) is 27.7. The maximum Gasteiger partial charge on any atom is 0.264 e. The number of sulfonamides is 1. The summed E-state index contributed by atoms with van der Waals surface area (Å²) in [6.45, 7) is 5.13. The molecule has 0 unspecified atom stereocenters. The summed E-state index contributed by atoms with van der Waals surface area (Å²) < 4.78 is 40.3. The van der Waals surface area contributed by atoms with E-state index in [1.165, 1.54) is 37.3 Å². The minimum absolute atomic E-state index is 0.0125. The van der Waals surface area contributed by atoms with Gasteiger partial charge in [0.1, 0.15) is 12.6 Å². The van der Waals surface area contributed by atoms with Crippen LogP contribution in [0.4, 0.5) is 5.69 Å². The van der Waals surface area contributed by atoms with E-state index in [4.69, 9.17) is 9.47 Å². The quantitative estimate of drug-likeness (QED) is 0.208. The van der Waals surface area contributed by atoms with Gasteiger partial charge >= 0.3 is 0 Å². The van der Waals surface area contributed by atoms with Crippen molar-refractivity contribution in [3.8, 4) is 11.5 Å². The minimum atomic E-state index is -4.24. The zero-order chi connectivity index (χ0) is 33.3. The predicted octanol–water partition coefficient (Wildman–Crippen LogP) is 5.45. The Kier molecular flexibility index (Phi) is 11.1. The van der Waals surface area contributed by atoms with Crippen LogP contribution in [0.1, 0.15) is 31.9 Å². The van der Waals surface area contributed by atoms with Crippen molar-refractivity contribution in [3.63, 3.8) is 0 Å². The van der Waals surface area contributed by atoms with Crippen LogP contribution in [0.25, 0.3) is 0 Å². The average Bonchev–Trinajstić information content (AvgIpc) is 3.05. The van der Waals surface area contributed by atoms with Gasteiger partial charge in [0, 0.05) is 24.6 Å². The number of methoxy groups -OCH3 is 2. The van der Waals surface area contributed by atoms with Gasteiger partial charge in [-0.3, -0.25) is 13.9 Å². The number of benzene rings is 4. The summed E-state index contributed by atoms with van der Waals surface area (Å²) in [5, 5.41) is 3.03. The first-order valence-electron chi connectivity index (χ1n) is 14.9. The van der Waals surface area contributed by atoms with E-state index >= 15 is 0 Å². The molecule has 9 nitrogen and oxygen atoms in total. The lowest BCUT2D eigenvalue weighted by Crippen LogP contribution is -2.56. The molecule has 0 bridgehead atoms. The molecule has 4 rings (SSSR count). The normalized spacial score (nSPS) is 12.1. The molecule has 0 spiro atoms. The number of carbonyl (C=O) groups is 2. The Bertz CT molecular complexity index is 1710. The van der Waals surface area contributed by atoms with Crippen LogP contribution in [0.3, 0.4) is 0 Å². The van der Waals surface area contributed by atoms with Crippen LogP contribution in [-0.2, 0) is 32.6 Å². The first-order chi connectivity index (χ1) is 21.9. The summed E-state index contributed by atoms with van der Waals surface area (Å²) in [6.07, 6.45) is 0.225. The van der Waals surface area contributed by atoms with E-state index in [0.717, 1.165) is 15.4 Å². The molecule has 0 aliphatic heterocycles. The van der Waals surface area contributed by atoms with Gasteiger partial charge in [0.05, 0.1) is 24.8 Å². The second kappa shape index (κ2) is 15.0. The third-order valence-corrected chi connectivity index (χ3v) is 9.02. The highest BCUT2D eigenvalue weighted by molar-refractivity contribution is 7.92. The number of ether oxygens (including phenoxy) is 2. The largest absolute Gasteiger partial charge is 0.493 e. The van der Waals surface area contributed by atoms with Gasteiger partial charge in [0.2, 0.25) is 11.8 Å². The molecule has 4 aromatic rings. The summed E-state index contributed by atoms with van der Waals surface area (Å²) in [5.74, 6) is -0.192. The summed E-state index contributed by atoms with van der Waals surface area (Å²) >= 11 is 0. The number of nitrogens with zero attached hydrogens (tertiary/aromatic N) is 2. The smallest absolute Gasteiger partial charge is 0.264 e. The number of rotatable bonds is 13. The summed E-state index contributed by atoms with van der Waals surface area (Å²) in [4.78, 5) is 30.0. The molecule has 0 saturated carbocycles. The van der Waals surface area contributed by atoms with Crippen molar-refractivity contribution in [1.29, 1.82) is 0 Å². The van der Waals surface area contributed by atoms with Crippen LogP contribution in [0.15, 0.2) is 114 Å². The predicted molar refractivity (Wildman–Crippen MR) is 179 cm³/mol. The molecular weight excluding hydrogens is 602 g/mol. The summed E-state index contributed by atoms with van der Waals surface area (Å²) in [7, 11) is -1.31. The van der Waals surface area contributed by atoms with Gasteiger partial charge in [-0.25, -0.2) is 8.42 Å². The maximum atomic E-state index is 14.6. The van der Waals surface area contributed by atoms with Crippen LogP contribution in [0, 0.1) is 0 Å². The molecule has 46 heavy (non-hydrogen) atoms. The molecule has 0 saturated heterocycles. The lowest BCUT2D eigenvalue weighted by molar-refractivity contribution is -0.140. The van der Waals surface area contributed by atoms with Crippen molar-refractivity contribution in [2.24, 2.45) is 0 Å². The van der Waals surface area contributed by atoms with Crippen molar-refractivity contribution < 1.29 is 27.5 Å². The lowest BCUT2D eigenvalue weighted by atomic mass is 10.0. The van der Waals surface area contributed by atoms with Crippen LogP contribution >= 0.6 is 0 Å². The molecule has 0 radical (unpaired) electrons. The van der Waals surface area contributed by atoms with Gasteiger partial charge in [-0.1, -0.05) is 78.9 Å². The molecular formula is C36H41N3O6S. The molecule has 0 aromatic heterocycles. The van der Waals surface area contributed by atoms with Crippen molar-refractivity contribution in [2.45, 2.75) is 50.2 Å². The van der Waals surface area contributed by atoms with Gasteiger partial charge in [-0.2, -0.15) is 0 Å². The number of hydrogen-bond donors (Lipinski definition) is 1. The number of anilines is 1. The Balaban J connectivity index is 1.83. The number of carbonyl (C=O) groups excluding carboxylic acids is 2. The Morgan fingerprint density at radius 2 is 1.30 bits per heavy atom. The van der Waals surface area contributed by atoms with Gasteiger partial charge in [-0.05, 0) is 56.2 Å². The summed E-state index contributed by atoms with van der Waals surface area (Å²) in [6, 6.07) is 30.4. The highest BCUT2D eigenvalue weighted by Crippen LogP contribution is 2.34. The first kappa shape index (κ1) is 34.1. The molecule has 1 atom stereocenters. The second-order valence-electron chi connectivity index (χ2n) is 11.8. The Hall–Kier alpha value is -4.83.